The van der Waals surface area contributed by atoms with Gasteiger partial charge in [-0.25, -0.2) is 9.59 Å². The second kappa shape index (κ2) is 11.9. The van der Waals surface area contributed by atoms with Crippen LogP contribution in [0, 0.1) is 0 Å². The van der Waals surface area contributed by atoms with E-state index in [2.05, 4.69) is 10.3 Å². The smallest absolute Gasteiger partial charge is 0.408 e. The van der Waals surface area contributed by atoms with E-state index in [9.17, 15) is 14.4 Å². The van der Waals surface area contributed by atoms with Crippen LogP contribution >= 0.6 is 0 Å². The summed E-state index contributed by atoms with van der Waals surface area (Å²) in [6, 6.07) is 23.2. The highest BCUT2D eigenvalue weighted by Gasteiger charge is 2.26. The fraction of sp³-hybridized carbons (Fsp3) is 0.207. The molecular formula is C29H29N3O5. The van der Waals surface area contributed by atoms with Crippen LogP contribution < -0.4 is 5.32 Å². The number of aromatic amines is 1. The molecule has 0 fully saturated rings. The first-order chi connectivity index (χ1) is 17.9. The number of benzene rings is 3. The predicted molar refractivity (Wildman–Crippen MR) is 140 cm³/mol. The van der Waals surface area contributed by atoms with E-state index in [1.807, 2.05) is 60.8 Å². The lowest BCUT2D eigenvalue weighted by Crippen LogP contribution is -2.48. The van der Waals surface area contributed by atoms with Crippen LogP contribution in [-0.2, 0) is 33.8 Å². The van der Waals surface area contributed by atoms with Gasteiger partial charge in [-0.05, 0) is 34.9 Å². The minimum Gasteiger partial charge on any atom is -0.465 e. The number of likely N-dealkylation sites (N-methyl/N-ethyl adjacent to an activating group) is 1. The summed E-state index contributed by atoms with van der Waals surface area (Å²) in [5, 5.41) is 3.75. The van der Waals surface area contributed by atoms with Crippen LogP contribution in [0.5, 0.6) is 0 Å². The van der Waals surface area contributed by atoms with Crippen LogP contribution in [0.4, 0.5) is 4.79 Å². The topological polar surface area (TPSA) is 101 Å². The van der Waals surface area contributed by atoms with Gasteiger partial charge in [-0.3, -0.25) is 4.79 Å². The maximum atomic E-state index is 13.5. The van der Waals surface area contributed by atoms with Crippen LogP contribution in [-0.4, -0.2) is 48.1 Å². The molecule has 8 nitrogen and oxygen atoms in total. The first-order valence-electron chi connectivity index (χ1n) is 11.9. The summed E-state index contributed by atoms with van der Waals surface area (Å²) in [6.45, 7) is 0.397. The van der Waals surface area contributed by atoms with E-state index in [1.165, 1.54) is 7.11 Å². The van der Waals surface area contributed by atoms with Gasteiger partial charge in [0.1, 0.15) is 12.6 Å². The average Bonchev–Trinajstić information content (AvgIpc) is 3.34. The Morgan fingerprint density at radius 3 is 2.35 bits per heavy atom. The molecule has 190 valence electrons. The van der Waals surface area contributed by atoms with E-state index < -0.39 is 18.1 Å². The normalized spacial score (nSPS) is 11.5. The summed E-state index contributed by atoms with van der Waals surface area (Å²) >= 11 is 0. The molecule has 1 heterocycles. The number of nitrogens with zero attached hydrogens (tertiary/aromatic N) is 1. The maximum absolute atomic E-state index is 13.5. The number of aromatic nitrogens is 1. The van der Waals surface area contributed by atoms with Crippen molar-refractivity contribution in [2.75, 3.05) is 14.2 Å². The van der Waals surface area contributed by atoms with Crippen molar-refractivity contribution in [2.45, 2.75) is 25.6 Å². The first-order valence-corrected chi connectivity index (χ1v) is 11.9. The number of hydrogen-bond acceptors (Lipinski definition) is 5. The second-order valence-electron chi connectivity index (χ2n) is 8.71. The predicted octanol–water partition coefficient (Wildman–Crippen LogP) is 4.45. The molecule has 8 heteroatoms. The fourth-order valence-electron chi connectivity index (χ4n) is 4.11. The lowest BCUT2D eigenvalue weighted by atomic mass is 10.0. The second-order valence-corrected chi connectivity index (χ2v) is 8.71. The maximum Gasteiger partial charge on any atom is 0.408 e. The third kappa shape index (κ3) is 6.55. The molecule has 1 unspecified atom stereocenters. The molecule has 0 aliphatic heterocycles. The number of alkyl carbamates (subject to hydrolysis) is 1. The highest BCUT2D eigenvalue weighted by molar-refractivity contribution is 5.90. The molecule has 2 amide bonds. The minimum absolute atomic E-state index is 0.100. The van der Waals surface area contributed by atoms with E-state index in [4.69, 9.17) is 9.47 Å². The molecule has 0 bridgehead atoms. The van der Waals surface area contributed by atoms with Crippen LogP contribution in [0.15, 0.2) is 85.1 Å². The molecule has 4 rings (SSSR count). The first kappa shape index (κ1) is 25.5. The number of esters is 1. The fourth-order valence-corrected chi connectivity index (χ4v) is 4.11. The van der Waals surface area contributed by atoms with Gasteiger partial charge in [0.05, 0.1) is 12.7 Å². The van der Waals surface area contributed by atoms with Crippen LogP contribution in [0.25, 0.3) is 10.9 Å². The van der Waals surface area contributed by atoms with Gasteiger partial charge in [-0.1, -0.05) is 60.7 Å². The number of methoxy groups -OCH3 is 1. The van der Waals surface area contributed by atoms with Crippen molar-refractivity contribution in [3.8, 4) is 0 Å². The molecule has 1 aromatic heterocycles. The lowest BCUT2D eigenvalue weighted by Gasteiger charge is -2.24. The van der Waals surface area contributed by atoms with Crippen LogP contribution in [0.1, 0.15) is 27.0 Å². The van der Waals surface area contributed by atoms with Gasteiger partial charge >= 0.3 is 12.1 Å². The molecule has 37 heavy (non-hydrogen) atoms. The molecule has 0 aliphatic rings. The Kier molecular flexibility index (Phi) is 8.20. The van der Waals surface area contributed by atoms with Crippen molar-refractivity contribution in [1.82, 2.24) is 15.2 Å². The van der Waals surface area contributed by atoms with Crippen molar-refractivity contribution in [3.05, 3.63) is 107 Å². The number of carbonyl (C=O) groups excluding carboxylic acids is 3. The molecule has 0 saturated heterocycles. The van der Waals surface area contributed by atoms with Crippen molar-refractivity contribution in [2.24, 2.45) is 0 Å². The van der Waals surface area contributed by atoms with Gasteiger partial charge in [0.15, 0.2) is 0 Å². The number of nitrogens with one attached hydrogen (secondary N) is 2. The molecule has 0 aliphatic carbocycles. The Balaban J connectivity index is 1.48. The zero-order valence-electron chi connectivity index (χ0n) is 20.8. The average molecular weight is 500 g/mol. The van der Waals surface area contributed by atoms with E-state index in [1.54, 1.807) is 36.2 Å². The molecule has 0 radical (unpaired) electrons. The van der Waals surface area contributed by atoms with Crippen molar-refractivity contribution in [3.63, 3.8) is 0 Å². The van der Waals surface area contributed by atoms with E-state index in [0.717, 1.165) is 27.6 Å². The number of fused-ring (bicyclic) bond motifs is 1. The number of H-pyrrole nitrogens is 1. The van der Waals surface area contributed by atoms with E-state index in [0.29, 0.717) is 12.1 Å². The number of rotatable bonds is 9. The molecular weight excluding hydrogens is 470 g/mol. The van der Waals surface area contributed by atoms with Gasteiger partial charge < -0.3 is 24.7 Å². The standard InChI is InChI=1S/C29H29N3O5/c1-32(18-20-12-14-22(15-13-20)28(34)36-2)27(33)26(16-23-17-30-25-11-7-6-10-24(23)25)31-29(35)37-19-21-8-4-3-5-9-21/h3-15,17,26,30H,16,18-19H2,1-2H3,(H,31,35). The summed E-state index contributed by atoms with van der Waals surface area (Å²) in [4.78, 5) is 42.6. The van der Waals surface area contributed by atoms with E-state index in [-0.39, 0.29) is 18.9 Å². The monoisotopic (exact) mass is 499 g/mol. The summed E-state index contributed by atoms with van der Waals surface area (Å²) in [5.41, 5.74) is 3.98. The van der Waals surface area contributed by atoms with Crippen LogP contribution in [0.2, 0.25) is 0 Å². The highest BCUT2D eigenvalue weighted by atomic mass is 16.5. The zero-order chi connectivity index (χ0) is 26.2. The molecule has 2 N–H and O–H groups in total. The van der Waals surface area contributed by atoms with Crippen LogP contribution in [0.3, 0.4) is 0 Å². The molecule has 4 aromatic rings. The summed E-state index contributed by atoms with van der Waals surface area (Å²) in [5.74, 6) is -0.688. The van der Waals surface area contributed by atoms with Gasteiger partial charge in [0, 0.05) is 37.1 Å². The van der Waals surface area contributed by atoms with Gasteiger partial charge in [-0.15, -0.1) is 0 Å². The summed E-state index contributed by atoms with van der Waals surface area (Å²) in [7, 11) is 3.00. The molecule has 0 saturated carbocycles. The Labute approximate surface area is 215 Å². The lowest BCUT2D eigenvalue weighted by molar-refractivity contribution is -0.132. The number of hydrogen-bond donors (Lipinski definition) is 2. The molecule has 1 atom stereocenters. The summed E-state index contributed by atoms with van der Waals surface area (Å²) < 4.78 is 10.1. The largest absolute Gasteiger partial charge is 0.465 e. The highest BCUT2D eigenvalue weighted by Crippen LogP contribution is 2.20. The van der Waals surface area contributed by atoms with Crippen molar-refractivity contribution >= 4 is 28.9 Å². The Hall–Kier alpha value is -4.59. The zero-order valence-corrected chi connectivity index (χ0v) is 20.8. The Morgan fingerprint density at radius 2 is 1.62 bits per heavy atom. The van der Waals surface area contributed by atoms with Gasteiger partial charge in [-0.2, -0.15) is 0 Å². The van der Waals surface area contributed by atoms with Crippen molar-refractivity contribution < 1.29 is 23.9 Å². The Morgan fingerprint density at radius 1 is 0.919 bits per heavy atom. The van der Waals surface area contributed by atoms with Gasteiger partial charge in [0.25, 0.3) is 0 Å². The third-order valence-electron chi connectivity index (χ3n) is 6.07. The minimum atomic E-state index is -0.846. The molecule has 3 aromatic carbocycles. The van der Waals surface area contributed by atoms with E-state index >= 15 is 0 Å². The summed E-state index contributed by atoms with van der Waals surface area (Å²) in [6.07, 6.45) is 1.47. The third-order valence-corrected chi connectivity index (χ3v) is 6.07. The van der Waals surface area contributed by atoms with Crippen molar-refractivity contribution in [1.29, 1.82) is 0 Å². The van der Waals surface area contributed by atoms with Gasteiger partial charge in [0.2, 0.25) is 5.91 Å². The number of carbonyl (C=O) groups is 3. The quantitative estimate of drug-likeness (QED) is 0.332. The number of amides is 2. The number of para-hydroxylation sites is 1. The number of ether oxygens (including phenoxy) is 2. The molecule has 0 spiro atoms. The Bertz CT molecular complexity index is 1370. The SMILES string of the molecule is COC(=O)c1ccc(CN(C)C(=O)C(Cc2c[nH]c3ccccc23)NC(=O)OCc2ccccc2)cc1.